The summed E-state index contributed by atoms with van der Waals surface area (Å²) in [6, 6.07) is 15.1. The molecule has 146 valence electrons. The molecule has 0 fully saturated rings. The van der Waals surface area contributed by atoms with E-state index in [-0.39, 0.29) is 23.7 Å². The number of carbonyl (C=O) groups excluding carboxylic acids is 3. The van der Waals surface area contributed by atoms with E-state index < -0.39 is 11.8 Å². The number of amides is 3. The third kappa shape index (κ3) is 5.70. The molecule has 2 aromatic heterocycles. The van der Waals surface area contributed by atoms with Gasteiger partial charge >= 0.3 is 0 Å². The van der Waals surface area contributed by atoms with Crippen LogP contribution in [0.4, 0.5) is 11.4 Å². The molecule has 0 saturated carbocycles. The summed E-state index contributed by atoms with van der Waals surface area (Å²) < 4.78 is 0. The molecule has 29 heavy (non-hydrogen) atoms. The molecule has 0 spiro atoms. The Bertz CT molecular complexity index is 1040. The van der Waals surface area contributed by atoms with Crippen molar-refractivity contribution in [3.8, 4) is 0 Å². The Morgan fingerprint density at radius 3 is 2.34 bits per heavy atom. The molecule has 3 aromatic rings. The second-order valence-electron chi connectivity index (χ2n) is 6.15. The van der Waals surface area contributed by atoms with Gasteiger partial charge < -0.3 is 16.0 Å². The summed E-state index contributed by atoms with van der Waals surface area (Å²) in [6.07, 6.45) is 3.05. The molecule has 0 saturated heterocycles. The molecule has 2 heterocycles. The second kappa shape index (κ2) is 9.23. The van der Waals surface area contributed by atoms with Gasteiger partial charge in [0.1, 0.15) is 5.69 Å². The van der Waals surface area contributed by atoms with E-state index >= 15 is 0 Å². The fourth-order valence-electron chi connectivity index (χ4n) is 2.54. The first-order chi connectivity index (χ1) is 14.0. The fourth-order valence-corrected chi connectivity index (χ4v) is 2.54. The Hall–Kier alpha value is -4.07. The number of hydrogen-bond donors (Lipinski definition) is 3. The van der Waals surface area contributed by atoms with Crippen LogP contribution >= 0.6 is 0 Å². The molecule has 0 unspecified atom stereocenters. The first kappa shape index (κ1) is 19.7. The van der Waals surface area contributed by atoms with E-state index in [1.54, 1.807) is 42.6 Å². The van der Waals surface area contributed by atoms with Crippen LogP contribution in [-0.4, -0.2) is 27.7 Å². The molecule has 8 nitrogen and oxygen atoms in total. The van der Waals surface area contributed by atoms with Gasteiger partial charge in [-0.2, -0.15) is 0 Å². The molecule has 3 amide bonds. The molecule has 0 radical (unpaired) electrons. The highest BCUT2D eigenvalue weighted by atomic mass is 16.2. The zero-order valence-electron chi connectivity index (χ0n) is 15.7. The van der Waals surface area contributed by atoms with Crippen molar-refractivity contribution in [2.75, 3.05) is 10.6 Å². The molecule has 0 aliphatic heterocycles. The van der Waals surface area contributed by atoms with Gasteiger partial charge in [0.05, 0.1) is 12.2 Å². The molecule has 8 heteroatoms. The van der Waals surface area contributed by atoms with Crippen molar-refractivity contribution in [1.29, 1.82) is 0 Å². The van der Waals surface area contributed by atoms with E-state index in [2.05, 4.69) is 25.9 Å². The normalized spacial score (nSPS) is 10.1. The molecule has 0 bridgehead atoms. The van der Waals surface area contributed by atoms with E-state index in [1.807, 2.05) is 6.07 Å². The number of rotatable bonds is 6. The van der Waals surface area contributed by atoms with Gasteiger partial charge in [-0.05, 0) is 42.5 Å². The van der Waals surface area contributed by atoms with Gasteiger partial charge in [0, 0.05) is 36.3 Å². The highest BCUT2D eigenvalue weighted by Crippen LogP contribution is 2.16. The van der Waals surface area contributed by atoms with E-state index in [1.165, 1.54) is 25.3 Å². The summed E-state index contributed by atoms with van der Waals surface area (Å²) in [7, 11) is 0. The van der Waals surface area contributed by atoms with Crippen LogP contribution in [0.15, 0.2) is 67.0 Å². The molecule has 3 N–H and O–H groups in total. The maximum Gasteiger partial charge on any atom is 0.270 e. The Labute approximate surface area is 167 Å². The average molecular weight is 389 g/mol. The smallest absolute Gasteiger partial charge is 0.270 e. The molecular formula is C21H19N5O3. The Morgan fingerprint density at radius 2 is 1.62 bits per heavy atom. The number of nitrogens with zero attached hydrogens (tertiary/aromatic N) is 2. The van der Waals surface area contributed by atoms with Gasteiger partial charge in [-0.3, -0.25) is 24.4 Å². The maximum absolute atomic E-state index is 12.5. The van der Waals surface area contributed by atoms with Crippen LogP contribution in [0, 0.1) is 0 Å². The minimum Gasteiger partial charge on any atom is -0.345 e. The fraction of sp³-hybridized carbons (Fsp3) is 0.0952. The van der Waals surface area contributed by atoms with Gasteiger partial charge in [0.25, 0.3) is 11.8 Å². The van der Waals surface area contributed by atoms with Crippen LogP contribution in [0.3, 0.4) is 0 Å². The predicted molar refractivity (Wildman–Crippen MR) is 108 cm³/mol. The zero-order valence-corrected chi connectivity index (χ0v) is 15.7. The minimum atomic E-state index is -0.405. The van der Waals surface area contributed by atoms with Gasteiger partial charge in [-0.15, -0.1) is 0 Å². The molecule has 0 aliphatic carbocycles. The van der Waals surface area contributed by atoms with Gasteiger partial charge in [0.15, 0.2) is 0 Å². The predicted octanol–water partition coefficient (Wildman–Crippen LogP) is 2.62. The van der Waals surface area contributed by atoms with Gasteiger partial charge in [-0.1, -0.05) is 12.1 Å². The van der Waals surface area contributed by atoms with Gasteiger partial charge in [0.2, 0.25) is 5.91 Å². The van der Waals surface area contributed by atoms with E-state index in [0.29, 0.717) is 17.1 Å². The average Bonchev–Trinajstić information content (AvgIpc) is 2.72. The van der Waals surface area contributed by atoms with Crippen LogP contribution < -0.4 is 16.0 Å². The van der Waals surface area contributed by atoms with Crippen molar-refractivity contribution in [2.45, 2.75) is 13.5 Å². The standard InChI is InChI=1S/C21H19N5O3/c1-14(27)25-16-6-4-7-17(12-16)26-20(28)15-8-10-23-19(11-15)21(29)24-13-18-5-2-3-9-22-18/h2-12H,13H2,1H3,(H,24,29)(H,25,27)(H,26,28). The lowest BCUT2D eigenvalue weighted by Crippen LogP contribution is -2.25. The van der Waals surface area contributed by atoms with Crippen LogP contribution in [0.1, 0.15) is 33.5 Å². The first-order valence-corrected chi connectivity index (χ1v) is 8.84. The molecule has 0 aliphatic rings. The lowest BCUT2D eigenvalue weighted by molar-refractivity contribution is -0.114. The van der Waals surface area contributed by atoms with Crippen LogP contribution in [-0.2, 0) is 11.3 Å². The van der Waals surface area contributed by atoms with E-state index in [9.17, 15) is 14.4 Å². The van der Waals surface area contributed by atoms with Gasteiger partial charge in [-0.25, -0.2) is 0 Å². The third-order valence-electron chi connectivity index (χ3n) is 3.85. The number of benzene rings is 1. The number of anilines is 2. The monoisotopic (exact) mass is 389 g/mol. The number of hydrogen-bond acceptors (Lipinski definition) is 5. The molecule has 3 rings (SSSR count). The third-order valence-corrected chi connectivity index (χ3v) is 3.85. The Morgan fingerprint density at radius 1 is 0.828 bits per heavy atom. The highest BCUT2D eigenvalue weighted by molar-refractivity contribution is 6.06. The van der Waals surface area contributed by atoms with E-state index in [0.717, 1.165) is 0 Å². The lowest BCUT2D eigenvalue weighted by Gasteiger charge is -2.09. The molecule has 0 atom stereocenters. The van der Waals surface area contributed by atoms with E-state index in [4.69, 9.17) is 0 Å². The quantitative estimate of drug-likeness (QED) is 0.600. The largest absolute Gasteiger partial charge is 0.345 e. The topological polar surface area (TPSA) is 113 Å². The lowest BCUT2D eigenvalue weighted by atomic mass is 10.2. The van der Waals surface area contributed by atoms with Crippen molar-refractivity contribution < 1.29 is 14.4 Å². The SMILES string of the molecule is CC(=O)Nc1cccc(NC(=O)c2ccnc(C(=O)NCc3ccccn3)c2)c1. The summed E-state index contributed by atoms with van der Waals surface area (Å²) in [4.78, 5) is 44.2. The van der Waals surface area contributed by atoms with Crippen LogP contribution in [0.5, 0.6) is 0 Å². The summed E-state index contributed by atoms with van der Waals surface area (Å²) >= 11 is 0. The maximum atomic E-state index is 12.5. The van der Waals surface area contributed by atoms with Crippen molar-refractivity contribution in [3.05, 3.63) is 83.9 Å². The number of pyridine rings is 2. The van der Waals surface area contributed by atoms with Crippen molar-refractivity contribution >= 4 is 29.1 Å². The number of aromatic nitrogens is 2. The van der Waals surface area contributed by atoms with Crippen molar-refractivity contribution in [1.82, 2.24) is 15.3 Å². The molecule has 1 aromatic carbocycles. The summed E-state index contributed by atoms with van der Waals surface area (Å²) in [5.41, 5.74) is 2.21. The zero-order chi connectivity index (χ0) is 20.6. The second-order valence-corrected chi connectivity index (χ2v) is 6.15. The summed E-state index contributed by atoms with van der Waals surface area (Å²) in [6.45, 7) is 1.66. The first-order valence-electron chi connectivity index (χ1n) is 8.84. The minimum absolute atomic E-state index is 0.126. The molecular weight excluding hydrogens is 370 g/mol. The van der Waals surface area contributed by atoms with Crippen molar-refractivity contribution in [3.63, 3.8) is 0 Å². The number of nitrogens with one attached hydrogen (secondary N) is 3. The van der Waals surface area contributed by atoms with Crippen LogP contribution in [0.2, 0.25) is 0 Å². The highest BCUT2D eigenvalue weighted by Gasteiger charge is 2.12. The Balaban J connectivity index is 1.66. The Kier molecular flexibility index (Phi) is 6.26. The van der Waals surface area contributed by atoms with Crippen molar-refractivity contribution in [2.24, 2.45) is 0 Å². The number of carbonyl (C=O) groups is 3. The van der Waals surface area contributed by atoms with Crippen LogP contribution in [0.25, 0.3) is 0 Å². The summed E-state index contributed by atoms with van der Waals surface area (Å²) in [5, 5.41) is 8.11. The summed E-state index contributed by atoms with van der Waals surface area (Å²) in [5.74, 6) is -1.01.